The van der Waals surface area contributed by atoms with E-state index in [9.17, 15) is 19.8 Å². The maximum atomic E-state index is 11.9. The van der Waals surface area contributed by atoms with E-state index in [0.717, 1.165) is 0 Å². The van der Waals surface area contributed by atoms with E-state index in [4.69, 9.17) is 12.8 Å². The van der Waals surface area contributed by atoms with Crippen LogP contribution in [-0.2, 0) is 22.4 Å². The summed E-state index contributed by atoms with van der Waals surface area (Å²) < 4.78 is 0. The normalized spacial score (nSPS) is 10.5. The molecule has 2 aromatic rings. The van der Waals surface area contributed by atoms with Crippen molar-refractivity contribution >= 4 is 11.9 Å². The summed E-state index contributed by atoms with van der Waals surface area (Å²) in [7, 11) is 0. The van der Waals surface area contributed by atoms with Crippen molar-refractivity contribution in [2.75, 3.05) is 0 Å². The maximum absolute atomic E-state index is 11.9. The zero-order valence-corrected chi connectivity index (χ0v) is 13.4. The number of carboxylic acids is 2. The average Bonchev–Trinajstić information content (AvgIpc) is 2.62. The van der Waals surface area contributed by atoms with Crippen LogP contribution >= 0.6 is 0 Å². The predicted octanol–water partition coefficient (Wildman–Crippen LogP) is 2.59. The Morgan fingerprint density at radius 3 is 1.32 bits per heavy atom. The number of benzene rings is 2. The summed E-state index contributed by atoms with van der Waals surface area (Å²) >= 11 is 0. The molecule has 2 rings (SSSR count). The molecule has 0 aliphatic carbocycles. The zero-order chi connectivity index (χ0) is 18.4. The molecule has 0 amide bonds. The Labute approximate surface area is 146 Å². The van der Waals surface area contributed by atoms with Gasteiger partial charge in [0.1, 0.15) is 0 Å². The Balaban J connectivity index is 2.38. The van der Waals surface area contributed by atoms with E-state index < -0.39 is 17.4 Å². The topological polar surface area (TPSA) is 74.6 Å². The first-order valence-electron chi connectivity index (χ1n) is 7.49. The summed E-state index contributed by atoms with van der Waals surface area (Å²) in [5, 5.41) is 19.3. The highest BCUT2D eigenvalue weighted by Gasteiger charge is 2.46. The Kier molecular flexibility index (Phi) is 5.27. The van der Waals surface area contributed by atoms with Gasteiger partial charge in [-0.3, -0.25) is 9.59 Å². The highest BCUT2D eigenvalue weighted by Crippen LogP contribution is 2.29. The van der Waals surface area contributed by atoms with Crippen LogP contribution in [0.3, 0.4) is 0 Å². The first kappa shape index (κ1) is 17.8. The van der Waals surface area contributed by atoms with Crippen molar-refractivity contribution in [2.24, 2.45) is 5.41 Å². The number of terminal acetylenes is 2. The van der Waals surface area contributed by atoms with Crippen molar-refractivity contribution in [3.8, 4) is 24.7 Å². The van der Waals surface area contributed by atoms with Crippen LogP contribution in [-0.4, -0.2) is 22.2 Å². The minimum absolute atomic E-state index is 0.153. The second-order valence-corrected chi connectivity index (χ2v) is 5.73. The quantitative estimate of drug-likeness (QED) is 0.630. The third kappa shape index (κ3) is 3.88. The van der Waals surface area contributed by atoms with Crippen LogP contribution in [0.15, 0.2) is 48.5 Å². The van der Waals surface area contributed by atoms with Gasteiger partial charge in [0.25, 0.3) is 0 Å². The SMILES string of the molecule is C#Cc1ccc(CC(Cc2ccc(C#C)cc2)(C(=O)O)C(=O)O)cc1. The van der Waals surface area contributed by atoms with Crippen molar-refractivity contribution in [2.45, 2.75) is 12.8 Å². The molecule has 2 N–H and O–H groups in total. The lowest BCUT2D eigenvalue weighted by molar-refractivity contribution is -0.164. The fourth-order valence-electron chi connectivity index (χ4n) is 2.59. The molecule has 0 aliphatic rings. The first-order chi connectivity index (χ1) is 11.9. The second kappa shape index (κ2) is 7.38. The number of hydrogen-bond acceptors (Lipinski definition) is 2. The van der Waals surface area contributed by atoms with Crippen LogP contribution < -0.4 is 0 Å². The van der Waals surface area contributed by atoms with E-state index in [1.54, 1.807) is 48.5 Å². The standard InChI is InChI=1S/C21H16O4/c1-3-15-5-9-17(10-6-15)13-21(19(22)23,20(24)25)14-18-11-7-16(4-2)8-12-18/h1-2,5-12H,13-14H2,(H,22,23)(H,24,25). The molecule has 0 radical (unpaired) electrons. The van der Waals surface area contributed by atoms with Crippen LogP contribution in [0.5, 0.6) is 0 Å². The number of carboxylic acid groups (broad SMARTS) is 2. The van der Waals surface area contributed by atoms with Crippen molar-refractivity contribution in [3.05, 3.63) is 70.8 Å². The summed E-state index contributed by atoms with van der Waals surface area (Å²) in [6.07, 6.45) is 10.3. The molecule has 0 spiro atoms. The largest absolute Gasteiger partial charge is 0.480 e. The fraction of sp³-hybridized carbons (Fsp3) is 0.143. The molecule has 0 aromatic heterocycles. The van der Waals surface area contributed by atoms with Crippen LogP contribution in [0.4, 0.5) is 0 Å². The smallest absolute Gasteiger partial charge is 0.321 e. The number of hydrogen-bond donors (Lipinski definition) is 2. The lowest BCUT2D eigenvalue weighted by Gasteiger charge is -2.25. The van der Waals surface area contributed by atoms with Crippen molar-refractivity contribution < 1.29 is 19.8 Å². The Hall–Kier alpha value is -3.50. The molecule has 0 saturated carbocycles. The van der Waals surface area contributed by atoms with E-state index >= 15 is 0 Å². The van der Waals surface area contributed by atoms with Gasteiger partial charge in [-0.25, -0.2) is 0 Å². The molecule has 0 unspecified atom stereocenters. The predicted molar refractivity (Wildman–Crippen MR) is 93.9 cm³/mol. The highest BCUT2D eigenvalue weighted by atomic mass is 16.4. The average molecular weight is 332 g/mol. The summed E-state index contributed by atoms with van der Waals surface area (Å²) in [4.78, 5) is 23.7. The highest BCUT2D eigenvalue weighted by molar-refractivity contribution is 5.98. The van der Waals surface area contributed by atoms with E-state index in [0.29, 0.717) is 22.3 Å². The van der Waals surface area contributed by atoms with Gasteiger partial charge in [-0.15, -0.1) is 12.8 Å². The third-order valence-corrected chi connectivity index (χ3v) is 4.07. The molecule has 0 saturated heterocycles. The summed E-state index contributed by atoms with van der Waals surface area (Å²) in [6.45, 7) is 0. The first-order valence-corrected chi connectivity index (χ1v) is 7.49. The lowest BCUT2D eigenvalue weighted by atomic mass is 9.76. The summed E-state index contributed by atoms with van der Waals surface area (Å²) in [5.74, 6) is 2.15. The van der Waals surface area contributed by atoms with Crippen LogP contribution in [0.1, 0.15) is 22.3 Å². The Morgan fingerprint density at radius 2 is 1.08 bits per heavy atom. The molecule has 25 heavy (non-hydrogen) atoms. The number of aliphatic carboxylic acids is 2. The summed E-state index contributed by atoms with van der Waals surface area (Å²) in [5.41, 5.74) is 0.484. The molecular formula is C21H16O4. The minimum Gasteiger partial charge on any atom is -0.480 e. The van der Waals surface area contributed by atoms with Gasteiger partial charge in [-0.1, -0.05) is 36.1 Å². The van der Waals surface area contributed by atoms with Gasteiger partial charge in [0.15, 0.2) is 5.41 Å². The lowest BCUT2D eigenvalue weighted by Crippen LogP contribution is -2.43. The van der Waals surface area contributed by atoms with Gasteiger partial charge in [0.05, 0.1) is 0 Å². The molecule has 0 bridgehead atoms. The van der Waals surface area contributed by atoms with Gasteiger partial charge < -0.3 is 10.2 Å². The third-order valence-electron chi connectivity index (χ3n) is 4.07. The van der Waals surface area contributed by atoms with Crippen LogP contribution in [0.25, 0.3) is 0 Å². The van der Waals surface area contributed by atoms with Gasteiger partial charge in [-0.2, -0.15) is 0 Å². The molecule has 0 heterocycles. The van der Waals surface area contributed by atoms with Gasteiger partial charge in [-0.05, 0) is 48.2 Å². The number of carbonyl (C=O) groups is 2. The molecule has 0 fully saturated rings. The van der Waals surface area contributed by atoms with Crippen molar-refractivity contribution in [1.29, 1.82) is 0 Å². The molecule has 2 aromatic carbocycles. The van der Waals surface area contributed by atoms with Gasteiger partial charge in [0, 0.05) is 11.1 Å². The second-order valence-electron chi connectivity index (χ2n) is 5.73. The molecule has 0 atom stereocenters. The molecular weight excluding hydrogens is 316 g/mol. The van der Waals surface area contributed by atoms with E-state index in [1.807, 2.05) is 0 Å². The Bertz CT molecular complexity index is 787. The van der Waals surface area contributed by atoms with Crippen molar-refractivity contribution in [1.82, 2.24) is 0 Å². The molecule has 124 valence electrons. The van der Waals surface area contributed by atoms with Crippen LogP contribution in [0, 0.1) is 30.1 Å². The molecule has 4 nitrogen and oxygen atoms in total. The minimum atomic E-state index is -1.98. The molecule has 4 heteroatoms. The van der Waals surface area contributed by atoms with E-state index in [2.05, 4.69) is 11.8 Å². The zero-order valence-electron chi connectivity index (χ0n) is 13.4. The number of rotatable bonds is 6. The van der Waals surface area contributed by atoms with Gasteiger partial charge >= 0.3 is 11.9 Å². The maximum Gasteiger partial charge on any atom is 0.321 e. The van der Waals surface area contributed by atoms with Gasteiger partial charge in [0.2, 0.25) is 0 Å². The fourth-order valence-corrected chi connectivity index (χ4v) is 2.59. The van der Waals surface area contributed by atoms with Crippen molar-refractivity contribution in [3.63, 3.8) is 0 Å². The monoisotopic (exact) mass is 332 g/mol. The van der Waals surface area contributed by atoms with E-state index in [1.165, 1.54) is 0 Å². The Morgan fingerprint density at radius 1 is 0.760 bits per heavy atom. The molecule has 0 aliphatic heterocycles. The summed E-state index contributed by atoms with van der Waals surface area (Å²) in [6, 6.07) is 13.2. The van der Waals surface area contributed by atoms with E-state index in [-0.39, 0.29) is 12.8 Å². The van der Waals surface area contributed by atoms with Crippen LogP contribution in [0.2, 0.25) is 0 Å².